The fraction of sp³-hybridized carbons (Fsp3) is 0.238. The van der Waals surface area contributed by atoms with Crippen LogP contribution in [0, 0.1) is 24.7 Å². The molecular formula is C21H20O3. The summed E-state index contributed by atoms with van der Waals surface area (Å²) in [5.74, 6) is 6.80. The third-order valence-electron chi connectivity index (χ3n) is 4.00. The number of hydrogen-bond donors (Lipinski definition) is 2. The highest BCUT2D eigenvalue weighted by Crippen LogP contribution is 2.23. The molecule has 122 valence electrons. The summed E-state index contributed by atoms with van der Waals surface area (Å²) in [5, 5.41) is 19.4. The minimum atomic E-state index is -1.34. The van der Waals surface area contributed by atoms with Crippen molar-refractivity contribution in [2.75, 3.05) is 0 Å². The Balaban J connectivity index is 1.82. The molecule has 3 nitrogen and oxygen atoms in total. The monoisotopic (exact) mass is 320 g/mol. The van der Waals surface area contributed by atoms with Crippen molar-refractivity contribution in [1.82, 2.24) is 0 Å². The van der Waals surface area contributed by atoms with E-state index in [-0.39, 0.29) is 5.92 Å². The van der Waals surface area contributed by atoms with Gasteiger partial charge in [0.25, 0.3) is 0 Å². The highest BCUT2D eigenvalue weighted by Gasteiger charge is 2.14. The number of benzene rings is 2. The standard InChI is InChI=1S/C21H20O3/c1-14-3-5-16(6-4-14)7-8-17-9-10-20-18(12-17)13-19(24-20)11-15(2)21(22)23/h3-6,9-10,12-13,15,21-23H,11H2,1-2H3. The Morgan fingerprint density at radius 1 is 0.958 bits per heavy atom. The second kappa shape index (κ2) is 6.92. The third-order valence-corrected chi connectivity index (χ3v) is 4.00. The summed E-state index contributed by atoms with van der Waals surface area (Å²) in [6.07, 6.45) is -0.856. The molecule has 3 aromatic rings. The van der Waals surface area contributed by atoms with Gasteiger partial charge in [-0.3, -0.25) is 0 Å². The van der Waals surface area contributed by atoms with Gasteiger partial charge in [0.05, 0.1) is 0 Å². The van der Waals surface area contributed by atoms with Crippen molar-refractivity contribution in [3.05, 3.63) is 71.0 Å². The Kier molecular flexibility index (Phi) is 4.71. The van der Waals surface area contributed by atoms with E-state index in [2.05, 4.69) is 18.8 Å². The first-order chi connectivity index (χ1) is 11.5. The van der Waals surface area contributed by atoms with E-state index in [1.54, 1.807) is 6.92 Å². The maximum Gasteiger partial charge on any atom is 0.154 e. The molecule has 1 aromatic heterocycles. The fourth-order valence-electron chi connectivity index (χ4n) is 2.48. The number of aryl methyl sites for hydroxylation is 1. The minimum absolute atomic E-state index is 0.272. The van der Waals surface area contributed by atoms with Gasteiger partial charge in [0.2, 0.25) is 0 Å². The van der Waals surface area contributed by atoms with Gasteiger partial charge < -0.3 is 14.6 Å². The van der Waals surface area contributed by atoms with Crippen molar-refractivity contribution in [2.24, 2.45) is 5.92 Å². The summed E-state index contributed by atoms with van der Waals surface area (Å²) < 4.78 is 5.75. The molecule has 1 unspecified atom stereocenters. The van der Waals surface area contributed by atoms with E-state index >= 15 is 0 Å². The van der Waals surface area contributed by atoms with Gasteiger partial charge in [0.1, 0.15) is 11.3 Å². The lowest BCUT2D eigenvalue weighted by atomic mass is 10.1. The van der Waals surface area contributed by atoms with E-state index < -0.39 is 6.29 Å². The molecule has 0 amide bonds. The van der Waals surface area contributed by atoms with Crippen LogP contribution in [-0.4, -0.2) is 16.5 Å². The van der Waals surface area contributed by atoms with E-state index in [0.717, 1.165) is 27.9 Å². The van der Waals surface area contributed by atoms with Crippen LogP contribution in [0.2, 0.25) is 0 Å². The molecule has 0 aliphatic rings. The molecule has 0 aliphatic heterocycles. The van der Waals surface area contributed by atoms with E-state index in [1.165, 1.54) is 5.56 Å². The summed E-state index contributed by atoms with van der Waals surface area (Å²) >= 11 is 0. The first kappa shape index (κ1) is 16.3. The predicted molar refractivity (Wildman–Crippen MR) is 94.5 cm³/mol. The third kappa shape index (κ3) is 3.86. The van der Waals surface area contributed by atoms with Crippen LogP contribution in [0.4, 0.5) is 0 Å². The highest BCUT2D eigenvalue weighted by atomic mass is 16.5. The highest BCUT2D eigenvalue weighted by molar-refractivity contribution is 5.79. The number of fused-ring (bicyclic) bond motifs is 1. The molecule has 1 atom stereocenters. The summed E-state index contributed by atoms with van der Waals surface area (Å²) in [6.45, 7) is 3.83. The van der Waals surface area contributed by atoms with Crippen LogP contribution >= 0.6 is 0 Å². The Hall–Kier alpha value is -2.54. The van der Waals surface area contributed by atoms with E-state index in [9.17, 15) is 10.2 Å². The van der Waals surface area contributed by atoms with Crippen molar-refractivity contribution in [3.63, 3.8) is 0 Å². The van der Waals surface area contributed by atoms with Gasteiger partial charge >= 0.3 is 0 Å². The molecule has 0 saturated carbocycles. The molecule has 24 heavy (non-hydrogen) atoms. The molecule has 3 heteroatoms. The molecular weight excluding hydrogens is 300 g/mol. The second-order valence-corrected chi connectivity index (χ2v) is 6.18. The first-order valence-electron chi connectivity index (χ1n) is 7.98. The summed E-state index contributed by atoms with van der Waals surface area (Å²) in [4.78, 5) is 0. The number of rotatable bonds is 3. The lowest BCUT2D eigenvalue weighted by Gasteiger charge is -2.10. The van der Waals surface area contributed by atoms with E-state index in [4.69, 9.17) is 4.42 Å². The summed E-state index contributed by atoms with van der Waals surface area (Å²) in [5.41, 5.74) is 3.91. The van der Waals surface area contributed by atoms with Crippen molar-refractivity contribution in [3.8, 4) is 11.8 Å². The van der Waals surface area contributed by atoms with Gasteiger partial charge in [0.15, 0.2) is 6.29 Å². The van der Waals surface area contributed by atoms with Crippen molar-refractivity contribution >= 4 is 11.0 Å². The second-order valence-electron chi connectivity index (χ2n) is 6.18. The Bertz CT molecular complexity index is 892. The Morgan fingerprint density at radius 2 is 1.62 bits per heavy atom. The number of hydrogen-bond acceptors (Lipinski definition) is 3. The SMILES string of the molecule is Cc1ccc(C#Cc2ccc3oc(CC(C)C(O)O)cc3c2)cc1. The maximum atomic E-state index is 9.19. The molecule has 0 bridgehead atoms. The average Bonchev–Trinajstić information content (AvgIpc) is 2.95. The summed E-state index contributed by atoms with van der Waals surface area (Å²) in [6, 6.07) is 15.9. The Labute approximate surface area is 141 Å². The van der Waals surface area contributed by atoms with Gasteiger partial charge in [-0.15, -0.1) is 0 Å². The zero-order valence-corrected chi connectivity index (χ0v) is 13.8. The minimum Gasteiger partial charge on any atom is -0.461 e. The van der Waals surface area contributed by atoms with Crippen molar-refractivity contribution in [1.29, 1.82) is 0 Å². The van der Waals surface area contributed by atoms with Gasteiger partial charge in [-0.25, -0.2) is 0 Å². The number of aliphatic hydroxyl groups excluding tert-OH is 1. The predicted octanol–water partition coefficient (Wildman–Crippen LogP) is 3.63. The van der Waals surface area contributed by atoms with Crippen LogP contribution in [0.3, 0.4) is 0 Å². The first-order valence-corrected chi connectivity index (χ1v) is 7.98. The topological polar surface area (TPSA) is 53.6 Å². The van der Waals surface area contributed by atoms with Crippen LogP contribution in [0.1, 0.15) is 29.4 Å². The zero-order valence-electron chi connectivity index (χ0n) is 13.8. The van der Waals surface area contributed by atoms with Crippen molar-refractivity contribution in [2.45, 2.75) is 26.6 Å². The Morgan fingerprint density at radius 3 is 2.33 bits per heavy atom. The molecule has 3 rings (SSSR count). The smallest absolute Gasteiger partial charge is 0.154 e. The molecule has 2 N–H and O–H groups in total. The molecule has 0 spiro atoms. The van der Waals surface area contributed by atoms with Gasteiger partial charge in [0, 0.05) is 28.9 Å². The number of furan rings is 1. The van der Waals surface area contributed by atoms with Gasteiger partial charge in [-0.1, -0.05) is 36.5 Å². The lowest BCUT2D eigenvalue weighted by Crippen LogP contribution is -2.18. The van der Waals surface area contributed by atoms with Gasteiger partial charge in [-0.05, 0) is 43.3 Å². The molecule has 0 aliphatic carbocycles. The van der Waals surface area contributed by atoms with E-state index in [1.807, 2.05) is 48.5 Å². The molecule has 0 radical (unpaired) electrons. The normalized spacial score (nSPS) is 12.2. The molecule has 1 heterocycles. The summed E-state index contributed by atoms with van der Waals surface area (Å²) in [7, 11) is 0. The van der Waals surface area contributed by atoms with Crippen LogP contribution in [0.15, 0.2) is 52.9 Å². The van der Waals surface area contributed by atoms with Crippen molar-refractivity contribution < 1.29 is 14.6 Å². The molecule has 0 fully saturated rings. The van der Waals surface area contributed by atoms with Crippen LogP contribution < -0.4 is 0 Å². The lowest BCUT2D eigenvalue weighted by molar-refractivity contribution is -0.0790. The quantitative estimate of drug-likeness (QED) is 0.572. The largest absolute Gasteiger partial charge is 0.461 e. The molecule has 2 aromatic carbocycles. The number of aliphatic hydroxyl groups is 2. The fourth-order valence-corrected chi connectivity index (χ4v) is 2.48. The van der Waals surface area contributed by atoms with Crippen LogP contribution in [0.25, 0.3) is 11.0 Å². The average molecular weight is 320 g/mol. The molecule has 0 saturated heterocycles. The van der Waals surface area contributed by atoms with Crippen LogP contribution in [-0.2, 0) is 6.42 Å². The van der Waals surface area contributed by atoms with Crippen LogP contribution in [0.5, 0.6) is 0 Å². The zero-order chi connectivity index (χ0) is 17.1. The van der Waals surface area contributed by atoms with E-state index in [0.29, 0.717) is 6.42 Å². The maximum absolute atomic E-state index is 9.19. The van der Waals surface area contributed by atoms with Gasteiger partial charge in [-0.2, -0.15) is 0 Å².